The molecule has 7 nitrogen and oxygen atoms in total. The number of amides is 1. The number of nitrogens with zero attached hydrogens (tertiary/aromatic N) is 4. The Morgan fingerprint density at radius 3 is 2.61 bits per heavy atom. The molecule has 1 amide bonds. The van der Waals surface area contributed by atoms with E-state index in [-0.39, 0.29) is 11.9 Å². The second-order valence-electron chi connectivity index (χ2n) is 7.19. The monoisotopic (exact) mass is 394 g/mol. The third-order valence-corrected chi connectivity index (χ3v) is 5.53. The van der Waals surface area contributed by atoms with Crippen molar-refractivity contribution in [2.24, 2.45) is 0 Å². The van der Waals surface area contributed by atoms with Gasteiger partial charge in [0.2, 0.25) is 0 Å². The van der Waals surface area contributed by atoms with Gasteiger partial charge in [-0.2, -0.15) is 10.2 Å². The van der Waals surface area contributed by atoms with Crippen LogP contribution >= 0.6 is 11.3 Å². The molecule has 4 rings (SSSR count). The Morgan fingerprint density at radius 1 is 1.21 bits per heavy atom. The topological polar surface area (TPSA) is 88.5 Å². The van der Waals surface area contributed by atoms with Gasteiger partial charge in [0.25, 0.3) is 5.91 Å². The van der Waals surface area contributed by atoms with Crippen LogP contribution in [-0.4, -0.2) is 30.9 Å². The van der Waals surface area contributed by atoms with E-state index in [1.165, 1.54) is 9.75 Å². The predicted molar refractivity (Wildman–Crippen MR) is 112 cm³/mol. The van der Waals surface area contributed by atoms with Crippen LogP contribution in [0.4, 0.5) is 5.82 Å². The highest BCUT2D eigenvalue weighted by Gasteiger charge is 2.20. The third kappa shape index (κ3) is 3.20. The molecule has 0 atom stereocenters. The summed E-state index contributed by atoms with van der Waals surface area (Å²) in [6.07, 6.45) is 1.71. The highest BCUT2D eigenvalue weighted by molar-refractivity contribution is 7.12. The van der Waals surface area contributed by atoms with Crippen molar-refractivity contribution in [1.82, 2.24) is 25.0 Å². The van der Waals surface area contributed by atoms with Gasteiger partial charge in [0.1, 0.15) is 0 Å². The van der Waals surface area contributed by atoms with Crippen molar-refractivity contribution in [2.75, 3.05) is 5.32 Å². The number of fused-ring (bicyclic) bond motifs is 1. The number of aryl methyl sites for hydroxylation is 3. The van der Waals surface area contributed by atoms with Gasteiger partial charge in [0.05, 0.1) is 22.8 Å². The van der Waals surface area contributed by atoms with Crippen LogP contribution in [0.2, 0.25) is 0 Å². The number of aromatic amines is 1. The van der Waals surface area contributed by atoms with Crippen LogP contribution in [0.5, 0.6) is 0 Å². The Kier molecular flexibility index (Phi) is 4.50. The number of anilines is 1. The van der Waals surface area contributed by atoms with E-state index in [0.29, 0.717) is 17.0 Å². The first-order chi connectivity index (χ1) is 13.3. The summed E-state index contributed by atoms with van der Waals surface area (Å²) in [5.74, 6) is 0.265. The van der Waals surface area contributed by atoms with Crippen LogP contribution in [-0.2, 0) is 0 Å². The fourth-order valence-corrected chi connectivity index (χ4v) is 4.21. The Balaban J connectivity index is 1.88. The minimum atomic E-state index is -0.229. The number of H-pyrrole nitrogens is 1. The van der Waals surface area contributed by atoms with Crippen molar-refractivity contribution in [2.45, 2.75) is 40.7 Å². The lowest BCUT2D eigenvalue weighted by atomic mass is 10.1. The molecule has 0 aliphatic rings. The first-order valence-corrected chi connectivity index (χ1v) is 9.94. The van der Waals surface area contributed by atoms with Gasteiger partial charge in [-0.05, 0) is 46.8 Å². The van der Waals surface area contributed by atoms with Crippen LogP contribution in [0.25, 0.3) is 22.3 Å². The van der Waals surface area contributed by atoms with Crippen LogP contribution in [0.1, 0.15) is 45.7 Å². The summed E-state index contributed by atoms with van der Waals surface area (Å²) in [4.78, 5) is 20.3. The highest BCUT2D eigenvalue weighted by atomic mass is 32.1. The number of hydrogen-bond donors (Lipinski definition) is 2. The van der Waals surface area contributed by atoms with E-state index in [1.807, 2.05) is 31.5 Å². The number of rotatable bonds is 4. The van der Waals surface area contributed by atoms with Gasteiger partial charge in [0.15, 0.2) is 11.5 Å². The second-order valence-corrected chi connectivity index (χ2v) is 8.65. The van der Waals surface area contributed by atoms with Crippen LogP contribution in [0, 0.1) is 20.8 Å². The van der Waals surface area contributed by atoms with Gasteiger partial charge in [-0.1, -0.05) is 0 Å². The first-order valence-electron chi connectivity index (χ1n) is 9.12. The lowest BCUT2D eigenvalue weighted by molar-refractivity contribution is 0.102. The molecular formula is C20H22N6OS. The molecule has 0 spiro atoms. The number of thiophene rings is 1. The molecule has 144 valence electrons. The van der Waals surface area contributed by atoms with E-state index in [9.17, 15) is 4.79 Å². The summed E-state index contributed by atoms with van der Waals surface area (Å²) in [5.41, 5.74) is 3.95. The average Bonchev–Trinajstić information content (AvgIpc) is 3.32. The quantitative estimate of drug-likeness (QED) is 0.528. The Hall–Kier alpha value is -3.00. The van der Waals surface area contributed by atoms with Gasteiger partial charge in [-0.3, -0.25) is 9.89 Å². The highest BCUT2D eigenvalue weighted by Crippen LogP contribution is 2.32. The average molecular weight is 395 g/mol. The fourth-order valence-electron chi connectivity index (χ4n) is 3.27. The first kappa shape index (κ1) is 18.4. The zero-order valence-electron chi connectivity index (χ0n) is 16.5. The summed E-state index contributed by atoms with van der Waals surface area (Å²) in [7, 11) is 0. The van der Waals surface area contributed by atoms with Crippen LogP contribution in [0.15, 0.2) is 24.4 Å². The van der Waals surface area contributed by atoms with Crippen molar-refractivity contribution in [3.63, 3.8) is 0 Å². The molecule has 0 bridgehead atoms. The van der Waals surface area contributed by atoms with Gasteiger partial charge < -0.3 is 5.32 Å². The maximum atomic E-state index is 13.1. The van der Waals surface area contributed by atoms with Crippen LogP contribution < -0.4 is 5.32 Å². The molecule has 28 heavy (non-hydrogen) atoms. The molecule has 0 radical (unpaired) electrons. The maximum Gasteiger partial charge on any atom is 0.257 e. The van der Waals surface area contributed by atoms with E-state index >= 15 is 0 Å². The van der Waals surface area contributed by atoms with Gasteiger partial charge in [-0.15, -0.1) is 11.3 Å². The van der Waals surface area contributed by atoms with Gasteiger partial charge in [0, 0.05) is 33.1 Å². The van der Waals surface area contributed by atoms with Crippen molar-refractivity contribution in [3.8, 4) is 11.3 Å². The van der Waals surface area contributed by atoms with Crippen molar-refractivity contribution in [3.05, 3.63) is 45.4 Å². The number of aromatic nitrogens is 5. The molecule has 0 saturated heterocycles. The molecule has 8 heteroatoms. The molecular weight excluding hydrogens is 372 g/mol. The number of carbonyl (C=O) groups is 1. The minimum absolute atomic E-state index is 0.135. The van der Waals surface area contributed by atoms with Crippen LogP contribution in [0.3, 0.4) is 0 Å². The predicted octanol–water partition coefficient (Wildman–Crippen LogP) is 4.64. The summed E-state index contributed by atoms with van der Waals surface area (Å²) in [6.45, 7) is 10.1. The van der Waals surface area contributed by atoms with Crippen molar-refractivity contribution in [1.29, 1.82) is 0 Å². The molecule has 4 aromatic heterocycles. The number of nitrogens with one attached hydrogen (secondary N) is 2. The molecule has 0 aromatic carbocycles. The van der Waals surface area contributed by atoms with E-state index in [0.717, 1.165) is 22.3 Å². The Bertz CT molecular complexity index is 1180. The minimum Gasteiger partial charge on any atom is -0.305 e. The largest absolute Gasteiger partial charge is 0.305 e. The van der Waals surface area contributed by atoms with Gasteiger partial charge in [-0.25, -0.2) is 9.67 Å². The fraction of sp³-hybridized carbons (Fsp3) is 0.300. The van der Waals surface area contributed by atoms with E-state index in [2.05, 4.69) is 40.5 Å². The number of pyridine rings is 1. The molecule has 0 saturated carbocycles. The summed E-state index contributed by atoms with van der Waals surface area (Å²) in [6, 6.07) is 5.89. The lowest BCUT2D eigenvalue weighted by Crippen LogP contribution is -2.13. The van der Waals surface area contributed by atoms with Crippen molar-refractivity contribution >= 4 is 34.1 Å². The smallest absolute Gasteiger partial charge is 0.257 e. The second kappa shape index (κ2) is 6.87. The Morgan fingerprint density at radius 2 is 2.00 bits per heavy atom. The maximum absolute atomic E-state index is 13.1. The summed E-state index contributed by atoms with van der Waals surface area (Å²) < 4.78 is 1.85. The summed E-state index contributed by atoms with van der Waals surface area (Å²) in [5, 5.41) is 15.0. The zero-order chi connectivity index (χ0) is 20.0. The van der Waals surface area contributed by atoms with E-state index < -0.39 is 0 Å². The zero-order valence-corrected chi connectivity index (χ0v) is 17.3. The molecule has 4 aromatic rings. The molecule has 0 unspecified atom stereocenters. The summed E-state index contributed by atoms with van der Waals surface area (Å²) >= 11 is 1.72. The number of hydrogen-bond acceptors (Lipinski definition) is 5. The van der Waals surface area contributed by atoms with E-state index in [1.54, 1.807) is 23.6 Å². The third-order valence-electron chi connectivity index (χ3n) is 4.56. The molecule has 0 aliphatic heterocycles. The molecule has 2 N–H and O–H groups in total. The molecule has 0 fully saturated rings. The Labute approximate surface area is 166 Å². The lowest BCUT2D eigenvalue weighted by Gasteiger charge is -2.10. The van der Waals surface area contributed by atoms with E-state index in [4.69, 9.17) is 4.98 Å². The SMILES string of the molecule is Cc1cc(NC(=O)c2cc(-c3cc(C)sc3C)nc3c2cnn3C(C)C)n[nH]1. The van der Waals surface area contributed by atoms with Gasteiger partial charge >= 0.3 is 0 Å². The standard InChI is InChI=1S/C20H22N6OS/c1-10(2)26-19-16(9-21-26)15(20(27)23-18-6-11(3)24-25-18)8-17(22-19)14-7-12(4)28-13(14)5/h6-10H,1-5H3,(H2,23,24,25,27). The van der Waals surface area contributed by atoms with Crippen molar-refractivity contribution < 1.29 is 4.79 Å². The number of carbonyl (C=O) groups excluding carboxylic acids is 1. The molecule has 0 aliphatic carbocycles. The normalized spacial score (nSPS) is 11.5. The molecule has 4 heterocycles.